The highest BCUT2D eigenvalue weighted by Gasteiger charge is 2.43. The average molecular weight is 453 g/mol. The van der Waals surface area contributed by atoms with Gasteiger partial charge in [-0.3, -0.25) is 0 Å². The Balaban J connectivity index is 1.21. The average Bonchev–Trinajstić information content (AvgIpc) is 3.31. The number of rotatable bonds is 4. The first-order valence-corrected chi connectivity index (χ1v) is 11.5. The van der Waals surface area contributed by atoms with Crippen molar-refractivity contribution in [2.75, 3.05) is 34.8 Å². The van der Waals surface area contributed by atoms with Crippen LogP contribution >= 0.6 is 0 Å². The third-order valence-corrected chi connectivity index (χ3v) is 7.12. The fourth-order valence-electron chi connectivity index (χ4n) is 5.57. The molecule has 1 saturated heterocycles. The van der Waals surface area contributed by atoms with E-state index in [0.717, 1.165) is 43.5 Å². The number of benzene rings is 1. The summed E-state index contributed by atoms with van der Waals surface area (Å²) >= 11 is 0. The molecule has 3 aliphatic rings. The van der Waals surface area contributed by atoms with E-state index in [1.807, 2.05) is 22.7 Å². The van der Waals surface area contributed by atoms with Crippen molar-refractivity contribution in [2.24, 2.45) is 11.8 Å². The molecule has 172 valence electrons. The van der Waals surface area contributed by atoms with Crippen molar-refractivity contribution in [1.29, 1.82) is 0 Å². The molecule has 0 unspecified atom stereocenters. The lowest BCUT2D eigenvalue weighted by Crippen LogP contribution is -2.48. The van der Waals surface area contributed by atoms with Crippen molar-refractivity contribution in [1.82, 2.24) is 25.0 Å². The Morgan fingerprint density at radius 2 is 1.82 bits per heavy atom. The number of anilines is 4. The van der Waals surface area contributed by atoms with Gasteiger partial charge >= 0.3 is 0 Å². The van der Waals surface area contributed by atoms with Crippen LogP contribution in [0.2, 0.25) is 0 Å². The second kappa shape index (κ2) is 7.93. The zero-order chi connectivity index (χ0) is 22.5. The fourth-order valence-corrected chi connectivity index (χ4v) is 5.57. The van der Waals surface area contributed by atoms with Crippen molar-refractivity contribution < 1.29 is 8.78 Å². The molecule has 0 amide bonds. The van der Waals surface area contributed by atoms with Crippen LogP contribution in [0.5, 0.6) is 0 Å². The molecule has 1 saturated carbocycles. The number of aryl methyl sites for hydroxylation is 2. The van der Waals surface area contributed by atoms with Gasteiger partial charge in [0.05, 0.1) is 17.6 Å². The molecule has 2 aliphatic heterocycles. The Labute approximate surface area is 190 Å². The number of fused-ring (bicyclic) bond motifs is 3. The summed E-state index contributed by atoms with van der Waals surface area (Å²) in [6.45, 7) is 5.34. The maximum Gasteiger partial charge on any atom is 0.244 e. The van der Waals surface area contributed by atoms with Gasteiger partial charge in [-0.25, -0.2) is 13.5 Å². The number of nitrogens with one attached hydrogen (secondary N) is 1. The summed E-state index contributed by atoms with van der Waals surface area (Å²) in [6.07, 6.45) is 5.05. The third-order valence-electron chi connectivity index (χ3n) is 7.12. The summed E-state index contributed by atoms with van der Waals surface area (Å²) in [5.41, 5.74) is 2.65. The molecule has 2 bridgehead atoms. The number of halogens is 2. The van der Waals surface area contributed by atoms with Crippen LogP contribution in [0, 0.1) is 30.4 Å². The summed E-state index contributed by atoms with van der Waals surface area (Å²) in [6, 6.07) is 6.38. The zero-order valence-corrected chi connectivity index (χ0v) is 18.5. The van der Waals surface area contributed by atoms with Gasteiger partial charge in [-0.2, -0.15) is 15.2 Å². The van der Waals surface area contributed by atoms with Crippen molar-refractivity contribution in [3.8, 4) is 0 Å². The zero-order valence-electron chi connectivity index (χ0n) is 18.5. The molecule has 1 aromatic carbocycles. The number of hydrogen-bond acceptors (Lipinski definition) is 7. The van der Waals surface area contributed by atoms with Gasteiger partial charge in [0.2, 0.25) is 11.9 Å². The first-order valence-electron chi connectivity index (χ1n) is 11.5. The van der Waals surface area contributed by atoms with E-state index in [1.54, 1.807) is 6.07 Å². The van der Waals surface area contributed by atoms with E-state index >= 15 is 0 Å². The molecule has 3 atom stereocenters. The molecule has 6 rings (SSSR count). The number of piperidine rings is 1. The second-order valence-electron chi connectivity index (χ2n) is 9.29. The van der Waals surface area contributed by atoms with Crippen molar-refractivity contribution in [3.05, 3.63) is 47.8 Å². The Hall–Kier alpha value is -3.30. The lowest BCUT2D eigenvalue weighted by molar-refractivity contribution is 0.376. The van der Waals surface area contributed by atoms with Gasteiger partial charge < -0.3 is 15.1 Å². The highest BCUT2D eigenvalue weighted by atomic mass is 19.2. The summed E-state index contributed by atoms with van der Waals surface area (Å²) < 4.78 is 29.1. The van der Waals surface area contributed by atoms with E-state index in [0.29, 0.717) is 42.0 Å². The number of nitrogens with zero attached hydrogens (tertiary/aromatic N) is 7. The van der Waals surface area contributed by atoms with Crippen LogP contribution in [0.25, 0.3) is 0 Å². The third kappa shape index (κ3) is 3.67. The standard InChI is InChI=1S/C23H26F2N8/c1-14-9-18(11-26-29-14)31-12-15-3-4-16(13-31)21(15)27-22-28-23-32(7-2-8-33(23)30-22)17-5-6-19(24)20(25)10-17/h5-6,9-11,15-16,21H,2-4,7-8,12-13H2,1H3,(H,27,30)/t15-,16+,21+. The quantitative estimate of drug-likeness (QED) is 0.649. The molecular weight excluding hydrogens is 426 g/mol. The first kappa shape index (κ1) is 20.3. The normalized spacial score (nSPS) is 24.2. The van der Waals surface area contributed by atoms with Crippen LogP contribution in [-0.4, -0.2) is 50.6 Å². The van der Waals surface area contributed by atoms with Crippen LogP contribution < -0.4 is 15.1 Å². The molecular formula is C23H26F2N8. The van der Waals surface area contributed by atoms with E-state index in [4.69, 9.17) is 10.1 Å². The maximum atomic E-state index is 13.8. The molecule has 1 N–H and O–H groups in total. The highest BCUT2D eigenvalue weighted by molar-refractivity contribution is 5.59. The monoisotopic (exact) mass is 452 g/mol. The summed E-state index contributed by atoms with van der Waals surface area (Å²) in [7, 11) is 0. The topological polar surface area (TPSA) is 75.0 Å². The number of aromatic nitrogens is 5. The van der Waals surface area contributed by atoms with Crippen LogP contribution in [0.4, 0.5) is 32.1 Å². The molecule has 8 nitrogen and oxygen atoms in total. The van der Waals surface area contributed by atoms with Crippen molar-refractivity contribution in [2.45, 2.75) is 38.8 Å². The van der Waals surface area contributed by atoms with Gasteiger partial charge in [-0.15, -0.1) is 5.10 Å². The molecule has 1 aliphatic carbocycles. The molecule has 0 spiro atoms. The largest absolute Gasteiger partial charge is 0.369 e. The lowest BCUT2D eigenvalue weighted by atomic mass is 9.92. The molecule has 33 heavy (non-hydrogen) atoms. The smallest absolute Gasteiger partial charge is 0.244 e. The minimum absolute atomic E-state index is 0.318. The summed E-state index contributed by atoms with van der Waals surface area (Å²) in [5, 5.41) is 16.5. The van der Waals surface area contributed by atoms with Crippen LogP contribution in [0.1, 0.15) is 25.0 Å². The SMILES string of the molecule is Cc1cc(N2C[C@H]3CC[C@@H](C2)[C@H]3Nc2nc3n(n2)CCCN3c2ccc(F)c(F)c2)cnn1. The Morgan fingerprint density at radius 1 is 1.00 bits per heavy atom. The maximum absolute atomic E-state index is 13.8. The van der Waals surface area contributed by atoms with E-state index in [1.165, 1.54) is 18.9 Å². The van der Waals surface area contributed by atoms with Gasteiger partial charge in [0.25, 0.3) is 0 Å². The molecule has 2 fully saturated rings. The Morgan fingerprint density at radius 3 is 2.58 bits per heavy atom. The van der Waals surface area contributed by atoms with Crippen LogP contribution in [0.3, 0.4) is 0 Å². The van der Waals surface area contributed by atoms with Crippen molar-refractivity contribution in [3.63, 3.8) is 0 Å². The fraction of sp³-hybridized carbons (Fsp3) is 0.478. The van der Waals surface area contributed by atoms with Gasteiger partial charge in [-0.05, 0) is 56.2 Å². The highest BCUT2D eigenvalue weighted by Crippen LogP contribution is 2.40. The molecule has 3 aromatic rings. The summed E-state index contributed by atoms with van der Waals surface area (Å²) in [5.74, 6) is 0.568. The molecule has 2 aromatic heterocycles. The second-order valence-corrected chi connectivity index (χ2v) is 9.29. The van der Waals surface area contributed by atoms with Gasteiger partial charge in [0, 0.05) is 44.0 Å². The Bertz CT molecular complexity index is 1170. The lowest BCUT2D eigenvalue weighted by Gasteiger charge is -2.39. The Kier molecular flexibility index (Phi) is 4.88. The molecule has 4 heterocycles. The number of hydrogen-bond donors (Lipinski definition) is 1. The predicted octanol–water partition coefficient (Wildman–Crippen LogP) is 3.52. The molecule has 10 heteroatoms. The van der Waals surface area contributed by atoms with Crippen molar-refractivity contribution >= 4 is 23.3 Å². The predicted molar refractivity (Wildman–Crippen MR) is 121 cm³/mol. The van der Waals surface area contributed by atoms with Gasteiger partial charge in [0.1, 0.15) is 0 Å². The van der Waals surface area contributed by atoms with E-state index in [2.05, 4.69) is 26.5 Å². The van der Waals surface area contributed by atoms with Gasteiger partial charge in [0.15, 0.2) is 11.6 Å². The van der Waals surface area contributed by atoms with E-state index in [9.17, 15) is 8.78 Å². The first-order chi connectivity index (χ1) is 16.0. The minimum Gasteiger partial charge on any atom is -0.369 e. The molecule has 0 radical (unpaired) electrons. The van der Waals surface area contributed by atoms with Crippen LogP contribution in [-0.2, 0) is 6.54 Å². The van der Waals surface area contributed by atoms with Gasteiger partial charge in [-0.1, -0.05) is 0 Å². The van der Waals surface area contributed by atoms with Crippen LogP contribution in [0.15, 0.2) is 30.5 Å². The van der Waals surface area contributed by atoms with E-state index < -0.39 is 11.6 Å². The summed E-state index contributed by atoms with van der Waals surface area (Å²) in [4.78, 5) is 9.08. The minimum atomic E-state index is -0.856. The van der Waals surface area contributed by atoms with E-state index in [-0.39, 0.29) is 0 Å².